The number of nitrogens with zero attached hydrogens (tertiary/aromatic N) is 1. The summed E-state index contributed by atoms with van der Waals surface area (Å²) in [6, 6.07) is 0. The molecule has 4 aliphatic carbocycles. The molecule has 0 saturated heterocycles. The van der Waals surface area contributed by atoms with E-state index < -0.39 is 17.3 Å². The lowest BCUT2D eigenvalue weighted by Gasteiger charge is -2.62. The molecule has 0 aromatic heterocycles. The number of carbonyl (C=O) groups is 1. The molecule has 3 unspecified atom stereocenters. The van der Waals surface area contributed by atoms with Gasteiger partial charge in [-0.3, -0.25) is 9.63 Å². The van der Waals surface area contributed by atoms with Crippen molar-refractivity contribution in [1.29, 1.82) is 0 Å². The molecule has 4 fully saturated rings. The number of rotatable bonds is 10. The topological polar surface area (TPSA) is 106 Å². The van der Waals surface area contributed by atoms with Crippen molar-refractivity contribution in [3.8, 4) is 0 Å². The van der Waals surface area contributed by atoms with E-state index in [1.54, 1.807) is 0 Å². The molecule has 0 amide bonds. The lowest BCUT2D eigenvalue weighted by atomic mass is 9.45. The lowest BCUT2D eigenvalue weighted by molar-refractivity contribution is -0.777. The van der Waals surface area contributed by atoms with Gasteiger partial charge in [0.25, 0.3) is 5.09 Å². The quantitative estimate of drug-likeness (QED) is 0.169. The summed E-state index contributed by atoms with van der Waals surface area (Å²) in [5.74, 6) is 3.13. The van der Waals surface area contributed by atoms with Crippen LogP contribution < -0.4 is 0 Å². The van der Waals surface area contributed by atoms with Crippen molar-refractivity contribution in [1.82, 2.24) is 0 Å². The zero-order valence-corrected chi connectivity index (χ0v) is 23.4. The minimum atomic E-state index is -1.19. The summed E-state index contributed by atoms with van der Waals surface area (Å²) >= 11 is 0. The van der Waals surface area contributed by atoms with E-state index in [0.717, 1.165) is 32.1 Å². The summed E-state index contributed by atoms with van der Waals surface area (Å²) in [7, 11) is 5.61. The van der Waals surface area contributed by atoms with Gasteiger partial charge in [-0.1, -0.05) is 13.8 Å². The zero-order chi connectivity index (χ0) is 26.9. The molecular weight excluding hydrogens is 478 g/mol. The third-order valence-corrected chi connectivity index (χ3v) is 11.0. The van der Waals surface area contributed by atoms with E-state index in [2.05, 4.69) is 18.7 Å². The van der Waals surface area contributed by atoms with Gasteiger partial charge in [-0.15, -0.1) is 10.1 Å². The third-order valence-electron chi connectivity index (χ3n) is 11.0. The maximum Gasteiger partial charge on any atom is 0.307 e. The van der Waals surface area contributed by atoms with E-state index in [1.807, 2.05) is 21.3 Å². The molecular formula is C28H47NO8. The Balaban J connectivity index is 1.46. The van der Waals surface area contributed by atoms with Crippen molar-refractivity contribution in [2.24, 2.45) is 46.8 Å². The van der Waals surface area contributed by atoms with Crippen LogP contribution in [0, 0.1) is 57.0 Å². The fraction of sp³-hybridized carbons (Fsp3) is 0.964. The van der Waals surface area contributed by atoms with Gasteiger partial charge in [0.15, 0.2) is 0 Å². The van der Waals surface area contributed by atoms with Crippen molar-refractivity contribution in [2.75, 3.05) is 21.3 Å². The first-order chi connectivity index (χ1) is 17.6. The highest BCUT2D eigenvalue weighted by Crippen LogP contribution is 2.65. The number of hydrogen-bond donors (Lipinski definition) is 0. The summed E-state index contributed by atoms with van der Waals surface area (Å²) in [5, 5.41) is 9.52. The normalized spacial score (nSPS) is 42.6. The Morgan fingerprint density at radius 3 is 2.35 bits per heavy atom. The Morgan fingerprint density at radius 2 is 1.70 bits per heavy atom. The molecule has 0 radical (unpaired) electrons. The fourth-order valence-corrected chi connectivity index (χ4v) is 9.20. The van der Waals surface area contributed by atoms with Gasteiger partial charge in [-0.2, -0.15) is 0 Å². The average molecular weight is 526 g/mol. The number of ether oxygens (including phenoxy) is 4. The van der Waals surface area contributed by atoms with E-state index >= 15 is 0 Å². The van der Waals surface area contributed by atoms with Crippen LogP contribution in [0.1, 0.15) is 78.6 Å². The van der Waals surface area contributed by atoms with Crippen LogP contribution in [0.3, 0.4) is 0 Å². The summed E-state index contributed by atoms with van der Waals surface area (Å²) in [6.45, 7) is 6.12. The van der Waals surface area contributed by atoms with Crippen molar-refractivity contribution >= 4 is 5.97 Å². The number of carbonyl (C=O) groups excluding carboxylic acids is 1. The Kier molecular flexibility index (Phi) is 9.06. The Bertz CT molecular complexity index is 809. The van der Waals surface area contributed by atoms with Crippen molar-refractivity contribution in [3.05, 3.63) is 10.1 Å². The standard InChI is InChI=1S/C28H47NO8/c1-16(7-10-25(30)36-17(2)37-29(31)32)20-8-9-21-26(20)24(35-6)15-22-27(21)23(34-5)14-18-13-19(33-4)11-12-28(18,22)3/h16-24,26-27H,7-15H2,1-6H3/t16-,17?,18+,19-,20-,21-,22+,23-,24?,26?,27+,28+/m1/s1. The van der Waals surface area contributed by atoms with Crippen LogP contribution in [0.25, 0.3) is 0 Å². The molecule has 0 aromatic carbocycles. The first kappa shape index (κ1) is 28.6. The van der Waals surface area contributed by atoms with E-state index in [-0.39, 0.29) is 18.6 Å². The van der Waals surface area contributed by atoms with Gasteiger partial charge in [0, 0.05) is 27.8 Å². The van der Waals surface area contributed by atoms with Gasteiger partial charge in [-0.05, 0) is 105 Å². The highest BCUT2D eigenvalue weighted by molar-refractivity contribution is 5.69. The number of fused-ring (bicyclic) bond motifs is 5. The molecule has 0 bridgehead atoms. The average Bonchev–Trinajstić information content (AvgIpc) is 3.31. The van der Waals surface area contributed by atoms with Gasteiger partial charge >= 0.3 is 5.97 Å². The monoisotopic (exact) mass is 525 g/mol. The summed E-state index contributed by atoms with van der Waals surface area (Å²) in [5.41, 5.74) is 0.298. The van der Waals surface area contributed by atoms with Crippen LogP contribution >= 0.6 is 0 Å². The van der Waals surface area contributed by atoms with Gasteiger partial charge in [0.2, 0.25) is 6.29 Å². The summed E-state index contributed by atoms with van der Waals surface area (Å²) in [6.07, 6.45) is 8.56. The molecule has 0 aliphatic heterocycles. The minimum Gasteiger partial charge on any atom is -0.435 e. The predicted molar refractivity (Wildman–Crippen MR) is 136 cm³/mol. The molecule has 0 spiro atoms. The molecule has 4 rings (SSSR count). The van der Waals surface area contributed by atoms with Gasteiger partial charge in [-0.25, -0.2) is 0 Å². The smallest absolute Gasteiger partial charge is 0.307 e. The fourth-order valence-electron chi connectivity index (χ4n) is 9.20. The van der Waals surface area contributed by atoms with Crippen LogP contribution in [0.15, 0.2) is 0 Å². The number of esters is 1. The predicted octanol–water partition coefficient (Wildman–Crippen LogP) is 5.03. The van der Waals surface area contributed by atoms with E-state index in [0.29, 0.717) is 59.4 Å². The van der Waals surface area contributed by atoms with Crippen molar-refractivity contribution < 1.29 is 33.7 Å². The molecule has 12 atom stereocenters. The first-order valence-corrected chi connectivity index (χ1v) is 14.2. The van der Waals surface area contributed by atoms with Crippen molar-refractivity contribution in [3.63, 3.8) is 0 Å². The lowest BCUT2D eigenvalue weighted by Crippen LogP contribution is -2.60. The summed E-state index contributed by atoms with van der Waals surface area (Å²) in [4.78, 5) is 27.0. The maximum atomic E-state index is 12.3. The minimum absolute atomic E-state index is 0.217. The third kappa shape index (κ3) is 5.64. The molecule has 4 aliphatic rings. The Morgan fingerprint density at radius 1 is 1.00 bits per heavy atom. The van der Waals surface area contributed by atoms with Crippen LogP contribution in [0.4, 0.5) is 0 Å². The van der Waals surface area contributed by atoms with Gasteiger partial charge in [0.1, 0.15) is 0 Å². The Labute approximate surface area is 221 Å². The molecule has 0 N–H and O–H groups in total. The van der Waals surface area contributed by atoms with E-state index in [1.165, 1.54) is 19.8 Å². The summed E-state index contributed by atoms with van der Waals surface area (Å²) < 4.78 is 23.3. The molecule has 212 valence electrons. The highest BCUT2D eigenvalue weighted by Gasteiger charge is 2.62. The molecule has 9 heteroatoms. The zero-order valence-electron chi connectivity index (χ0n) is 23.4. The SMILES string of the molecule is COC1C[C@H]2[C@H]([C@@H]3CC[C@H]([C@H](C)CCC(=O)OC(C)O[N+](=O)[O-])C13)[C@H](OC)C[C@@H]1C[C@H](OC)CC[C@@]12C. The van der Waals surface area contributed by atoms with E-state index in [4.69, 9.17) is 18.9 Å². The molecule has 9 nitrogen and oxygen atoms in total. The number of methoxy groups -OCH3 is 3. The van der Waals surface area contributed by atoms with Crippen LogP contribution in [0.5, 0.6) is 0 Å². The van der Waals surface area contributed by atoms with Crippen LogP contribution in [-0.4, -0.2) is 57.0 Å². The van der Waals surface area contributed by atoms with Gasteiger partial charge < -0.3 is 18.9 Å². The van der Waals surface area contributed by atoms with Gasteiger partial charge in [0.05, 0.1) is 18.3 Å². The second kappa shape index (κ2) is 11.7. The van der Waals surface area contributed by atoms with Crippen molar-refractivity contribution in [2.45, 2.75) is 103 Å². The molecule has 4 saturated carbocycles. The highest BCUT2D eigenvalue weighted by atomic mass is 17.0. The van der Waals surface area contributed by atoms with E-state index in [9.17, 15) is 14.9 Å². The number of hydrogen-bond acceptors (Lipinski definition) is 8. The molecule has 0 aromatic rings. The van der Waals surface area contributed by atoms with Crippen LogP contribution in [0.2, 0.25) is 0 Å². The molecule has 37 heavy (non-hydrogen) atoms. The Hall–Kier alpha value is -1.45. The maximum absolute atomic E-state index is 12.3. The molecule has 0 heterocycles. The first-order valence-electron chi connectivity index (χ1n) is 14.2. The second-order valence-corrected chi connectivity index (χ2v) is 12.4. The largest absolute Gasteiger partial charge is 0.435 e. The second-order valence-electron chi connectivity index (χ2n) is 12.4. The van der Waals surface area contributed by atoms with Crippen LogP contribution in [-0.2, 0) is 28.6 Å².